The van der Waals surface area contributed by atoms with E-state index >= 15 is 0 Å². The van der Waals surface area contributed by atoms with Crippen molar-refractivity contribution < 1.29 is 105 Å². The van der Waals surface area contributed by atoms with Crippen LogP contribution >= 0.6 is 8.34 Å². The molecule has 4 aromatic carbocycles. The van der Waals surface area contributed by atoms with Crippen LogP contribution in [0.15, 0.2) is 109 Å². The molecule has 28 nitrogen and oxygen atoms in total. The molecule has 629 valence electrons. The zero-order valence-corrected chi connectivity index (χ0v) is 70.0. The number of morpholine rings is 2. The molecule has 6 fully saturated rings. The number of likely N-dealkylation sites (N-methyl/N-ethyl adjacent to an activating group) is 4. The minimum atomic E-state index is -1.35. The maximum absolute atomic E-state index is 14.5. The average Bonchev–Trinajstić information content (AvgIpc) is 1.71. The summed E-state index contributed by atoms with van der Waals surface area (Å²) in [5.41, 5.74) is 3.74. The van der Waals surface area contributed by atoms with Crippen molar-refractivity contribution in [1.82, 2.24) is 20.0 Å². The molecule has 1 radical (unpaired) electrons. The highest BCUT2D eigenvalue weighted by atomic mass is 31.1. The highest BCUT2D eigenvalue weighted by molar-refractivity contribution is 7.60. The van der Waals surface area contributed by atoms with Crippen LogP contribution in [0, 0.1) is 23.7 Å². The number of hydrogen-bond donors (Lipinski definition) is 2. The van der Waals surface area contributed by atoms with Crippen molar-refractivity contribution in [3.8, 4) is 0 Å². The summed E-state index contributed by atoms with van der Waals surface area (Å²) in [5, 5.41) is 12.7. The van der Waals surface area contributed by atoms with E-state index in [2.05, 4.69) is 15.1 Å². The highest BCUT2D eigenvalue weighted by Crippen LogP contribution is 2.39. The fraction of sp³-hybridized carbons (Fsp3) is 0.600. The van der Waals surface area contributed by atoms with E-state index in [-0.39, 0.29) is 52.3 Å². The SMILES string of the molecule is CN(C(=O)OC(C)(C)C)[C@@H](CC1CC1)C(=O)O[C@H](Cc1ccc(N2CCOCC2)cc1)C(=O)O.CN[C@@H](CC1CC1)C(=O)O[C@H](C)C(=O)OCc1ccccc1.C[B]P=O.C[C@@H](OC(=O)[C@H](CC1CC1)N(C)C(=O)[C@@H](Cc1ccc(N2CCOCC2)cc1)OC(=O)[C@H](CC1CC1)N(C)C(=O)OC(C)(C)C)C(=O)OCc1ccccc1. The summed E-state index contributed by atoms with van der Waals surface area (Å²) in [5.74, 6) is -4.29. The zero-order valence-electron chi connectivity index (χ0n) is 69.1. The minimum absolute atomic E-state index is 0.0246. The topological polar surface area (TPSA) is 329 Å². The Labute approximate surface area is 679 Å². The third-order valence-electron chi connectivity index (χ3n) is 19.9. The number of hydrogen-bond acceptors (Lipinski definition) is 24. The highest BCUT2D eigenvalue weighted by Gasteiger charge is 2.44. The lowest BCUT2D eigenvalue weighted by atomic mass is 10.0. The summed E-state index contributed by atoms with van der Waals surface area (Å²) in [6, 6.07) is 30.6. The van der Waals surface area contributed by atoms with Crippen molar-refractivity contribution >= 4 is 86.6 Å². The van der Waals surface area contributed by atoms with Gasteiger partial charge in [-0.3, -0.25) is 24.0 Å². The van der Waals surface area contributed by atoms with Gasteiger partial charge in [-0.2, -0.15) is 0 Å². The van der Waals surface area contributed by atoms with Gasteiger partial charge >= 0.3 is 54.0 Å². The number of esters is 6. The van der Waals surface area contributed by atoms with Crippen LogP contribution in [0.25, 0.3) is 0 Å². The number of amides is 3. The molecular weight excluding hydrogens is 1500 g/mol. The lowest BCUT2D eigenvalue weighted by Crippen LogP contribution is -2.52. The molecule has 2 saturated heterocycles. The van der Waals surface area contributed by atoms with Crippen LogP contribution in [-0.4, -0.2) is 227 Å². The molecule has 6 aliphatic rings. The van der Waals surface area contributed by atoms with Crippen LogP contribution in [0.5, 0.6) is 0 Å². The molecule has 0 unspecified atom stereocenters. The Morgan fingerprint density at radius 3 is 1.15 bits per heavy atom. The second-order valence-corrected chi connectivity index (χ2v) is 32.8. The van der Waals surface area contributed by atoms with E-state index in [1.165, 1.54) is 62.5 Å². The van der Waals surface area contributed by atoms with Gasteiger partial charge in [0.25, 0.3) is 5.91 Å². The number of carbonyl (C=O) groups is 10. The molecule has 4 saturated carbocycles. The van der Waals surface area contributed by atoms with Crippen molar-refractivity contribution in [3.05, 3.63) is 131 Å². The van der Waals surface area contributed by atoms with Crippen LogP contribution in [0.4, 0.5) is 21.0 Å². The zero-order chi connectivity index (χ0) is 83.9. The first kappa shape index (κ1) is 93.0. The number of carbonyl (C=O) groups excluding carboxylic acids is 9. The molecular formula is C85H119BN6O22P. The number of carboxylic acid groups (broad SMARTS) is 1. The normalized spacial score (nSPS) is 17.3. The van der Waals surface area contributed by atoms with Gasteiger partial charge in [0.05, 0.1) is 34.8 Å². The molecule has 2 aliphatic heterocycles. The van der Waals surface area contributed by atoms with Gasteiger partial charge in [0.2, 0.25) is 13.1 Å². The van der Waals surface area contributed by atoms with Crippen LogP contribution in [0.3, 0.4) is 0 Å². The summed E-state index contributed by atoms with van der Waals surface area (Å²) >= 11 is 0. The number of nitrogens with one attached hydrogen (secondary N) is 1. The van der Waals surface area contributed by atoms with E-state index in [0.717, 1.165) is 105 Å². The molecule has 4 aromatic rings. The number of benzene rings is 4. The largest absolute Gasteiger partial charge is 0.478 e. The molecule has 2 N–H and O–H groups in total. The second kappa shape index (κ2) is 45.9. The first-order valence-electron chi connectivity index (χ1n) is 40.0. The van der Waals surface area contributed by atoms with E-state index in [1.807, 2.05) is 109 Å². The Morgan fingerprint density at radius 2 is 0.809 bits per heavy atom. The molecule has 4 aliphatic carbocycles. The monoisotopic (exact) mass is 1620 g/mol. The van der Waals surface area contributed by atoms with Gasteiger partial charge in [-0.25, -0.2) is 38.4 Å². The lowest BCUT2D eigenvalue weighted by Gasteiger charge is -2.33. The van der Waals surface area contributed by atoms with Crippen LogP contribution < -0.4 is 15.1 Å². The van der Waals surface area contributed by atoms with Crippen LogP contribution in [0.1, 0.15) is 155 Å². The van der Waals surface area contributed by atoms with E-state index < -0.39 is 114 Å². The molecule has 0 spiro atoms. The van der Waals surface area contributed by atoms with E-state index in [1.54, 1.807) is 62.4 Å². The first-order chi connectivity index (χ1) is 54.7. The molecule has 3 amide bonds. The second-order valence-electron chi connectivity index (χ2n) is 32.1. The van der Waals surface area contributed by atoms with E-state index in [0.29, 0.717) is 57.5 Å². The summed E-state index contributed by atoms with van der Waals surface area (Å²) < 4.78 is 63.9. The molecule has 115 heavy (non-hydrogen) atoms. The van der Waals surface area contributed by atoms with Gasteiger partial charge in [0.1, 0.15) is 48.6 Å². The Bertz CT molecular complexity index is 3770. The molecule has 8 atom stereocenters. The first-order valence-corrected chi connectivity index (χ1v) is 40.9. The predicted octanol–water partition coefficient (Wildman–Crippen LogP) is 11.4. The van der Waals surface area contributed by atoms with Gasteiger partial charge in [-0.1, -0.05) is 143 Å². The van der Waals surface area contributed by atoms with Crippen LogP contribution in [0.2, 0.25) is 6.82 Å². The Kier molecular flexibility index (Phi) is 37.2. The fourth-order valence-corrected chi connectivity index (χ4v) is 12.4. The summed E-state index contributed by atoms with van der Waals surface area (Å²) in [4.78, 5) is 138. The summed E-state index contributed by atoms with van der Waals surface area (Å²) in [7, 11) is 6.34. The summed E-state index contributed by atoms with van der Waals surface area (Å²) in [6.07, 6.45) is 3.78. The Hall–Kier alpha value is -9.18. The number of rotatable bonds is 35. The number of ether oxygens (including phenoxy) is 10. The Balaban J connectivity index is 0.000000257. The maximum Gasteiger partial charge on any atom is 0.410 e. The van der Waals surface area contributed by atoms with E-state index in [4.69, 9.17) is 47.4 Å². The smallest absolute Gasteiger partial charge is 0.410 e. The van der Waals surface area contributed by atoms with Gasteiger partial charge < -0.3 is 72.5 Å². The predicted molar refractivity (Wildman–Crippen MR) is 431 cm³/mol. The number of carboxylic acids is 1. The standard InChI is InChI=1S/C42H57N3O10.C25H36N2O7.C17H23NO4.CH3BOP/c1-28(38(47)52-27-32-10-8-7-9-11-32)53-39(48)34(24-29-12-13-29)43(5)37(46)36(26-31-16-18-33(19-17-31)45-20-22-51-23-21-45)54-40(49)35(25-30-14-15-30)44(6)41(50)55-42(2,3)4;1-25(2,3)34-24(31)26(4)20(15-17-5-6-17)23(30)33-21(22(28)29)16-18-7-9-19(10-8-18)27-11-13-32-14-12-27;1-12(16(19)21-11-14-6-4-3-5-7-14)22-17(20)15(18-2)10-13-8-9-13;1-2-4-3/h7-11,16-19,28-30,34-36H,12-15,20-27H2,1-6H3;7-10,17,20-21H,5-6,11-16H2,1-4H3,(H,28,29);3-7,12-13,15,18H,8-11H2,1-2H3;1H3/t28-,34+,35+,36-;20-,21+;12-,15+;/m101./s1. The minimum Gasteiger partial charge on any atom is -0.478 e. The quantitative estimate of drug-likeness (QED) is 0.0187. The van der Waals surface area contributed by atoms with Gasteiger partial charge in [0, 0.05) is 71.5 Å². The van der Waals surface area contributed by atoms with Gasteiger partial charge in [-0.05, 0) is 158 Å². The average molecular weight is 1620 g/mol. The third kappa shape index (κ3) is 33.5. The lowest BCUT2D eigenvalue weighted by molar-refractivity contribution is -0.174. The molecule has 30 heteroatoms. The van der Waals surface area contributed by atoms with E-state index in [9.17, 15) is 57.6 Å². The molecule has 0 bridgehead atoms. The number of aliphatic carboxylic acids is 1. The summed E-state index contributed by atoms with van der Waals surface area (Å²) in [6.45, 7) is 22.7. The van der Waals surface area contributed by atoms with Crippen molar-refractivity contribution in [3.63, 3.8) is 0 Å². The van der Waals surface area contributed by atoms with Crippen molar-refractivity contribution in [2.45, 2.75) is 225 Å². The van der Waals surface area contributed by atoms with Crippen molar-refractivity contribution in [2.75, 3.05) is 90.6 Å². The molecule has 10 rings (SSSR count). The maximum atomic E-state index is 14.5. The number of anilines is 2. The van der Waals surface area contributed by atoms with Crippen LogP contribution in [-0.2, 0) is 116 Å². The van der Waals surface area contributed by atoms with Crippen molar-refractivity contribution in [1.29, 1.82) is 0 Å². The molecule has 2 heterocycles. The Morgan fingerprint density at radius 1 is 0.478 bits per heavy atom. The third-order valence-corrected chi connectivity index (χ3v) is 20.1. The fourth-order valence-electron chi connectivity index (χ4n) is 12.4. The van der Waals surface area contributed by atoms with Gasteiger partial charge in [-0.15, -0.1) is 0 Å². The van der Waals surface area contributed by atoms with Gasteiger partial charge in [0.15, 0.2) is 18.3 Å². The number of nitrogens with zero attached hydrogens (tertiary/aromatic N) is 5. The van der Waals surface area contributed by atoms with Crippen molar-refractivity contribution in [2.24, 2.45) is 23.7 Å². The molecule has 0 aromatic heterocycles.